The Labute approximate surface area is 125 Å². The molecule has 2 nitrogen and oxygen atoms in total. The molecule has 0 aliphatic heterocycles. The summed E-state index contributed by atoms with van der Waals surface area (Å²) >= 11 is 3.53. The summed E-state index contributed by atoms with van der Waals surface area (Å²) in [5, 5.41) is 0. The summed E-state index contributed by atoms with van der Waals surface area (Å²) in [5.74, 6) is 0.460. The Balaban J connectivity index is 2.68. The SMILES string of the molecule is CCCC(CCC)C(=O)N(C)Cc1ccccc1Br. The standard InChI is InChI=1S/C16H24BrNO/c1-4-8-13(9-5-2)16(19)18(3)12-14-10-6-7-11-15(14)17/h6-7,10-11,13H,4-5,8-9,12H2,1-3H3. The maximum atomic E-state index is 12.4. The third-order valence-electron chi connectivity index (χ3n) is 3.37. The van der Waals surface area contributed by atoms with Crippen molar-refractivity contribution >= 4 is 21.8 Å². The van der Waals surface area contributed by atoms with Crippen molar-refractivity contribution in [1.82, 2.24) is 4.90 Å². The van der Waals surface area contributed by atoms with Gasteiger partial charge in [0.1, 0.15) is 0 Å². The zero-order valence-corrected chi connectivity index (χ0v) is 13.7. The summed E-state index contributed by atoms with van der Waals surface area (Å²) in [6, 6.07) is 8.08. The Morgan fingerprint density at radius 2 is 1.79 bits per heavy atom. The number of rotatable bonds is 7. The molecule has 0 heterocycles. The van der Waals surface area contributed by atoms with Gasteiger partial charge in [0.05, 0.1) is 0 Å². The van der Waals surface area contributed by atoms with E-state index in [2.05, 4.69) is 35.8 Å². The van der Waals surface area contributed by atoms with Gasteiger partial charge in [0, 0.05) is 24.0 Å². The topological polar surface area (TPSA) is 20.3 Å². The summed E-state index contributed by atoms with van der Waals surface area (Å²) in [5.41, 5.74) is 1.16. The molecule has 0 spiro atoms. The molecular weight excluding hydrogens is 302 g/mol. The van der Waals surface area contributed by atoms with Gasteiger partial charge in [-0.3, -0.25) is 4.79 Å². The van der Waals surface area contributed by atoms with Crippen molar-refractivity contribution in [2.45, 2.75) is 46.1 Å². The Kier molecular flexibility index (Phi) is 7.14. The number of carbonyl (C=O) groups is 1. The molecule has 0 saturated heterocycles. The van der Waals surface area contributed by atoms with Gasteiger partial charge < -0.3 is 4.90 Å². The molecule has 0 fully saturated rings. The number of hydrogen-bond donors (Lipinski definition) is 0. The first-order valence-corrected chi connectivity index (χ1v) is 7.87. The van der Waals surface area contributed by atoms with E-state index in [0.29, 0.717) is 6.54 Å². The van der Waals surface area contributed by atoms with Gasteiger partial charge in [0.15, 0.2) is 0 Å². The second kappa shape index (κ2) is 8.36. The fraction of sp³-hybridized carbons (Fsp3) is 0.562. The molecule has 0 N–H and O–H groups in total. The highest BCUT2D eigenvalue weighted by atomic mass is 79.9. The van der Waals surface area contributed by atoms with Crippen LogP contribution < -0.4 is 0 Å². The van der Waals surface area contributed by atoms with Crippen molar-refractivity contribution in [3.8, 4) is 0 Å². The second-order valence-electron chi connectivity index (χ2n) is 5.06. The largest absolute Gasteiger partial charge is 0.341 e. The van der Waals surface area contributed by atoms with E-state index in [9.17, 15) is 4.79 Å². The number of carbonyl (C=O) groups excluding carboxylic acids is 1. The van der Waals surface area contributed by atoms with Gasteiger partial charge in [-0.2, -0.15) is 0 Å². The van der Waals surface area contributed by atoms with Gasteiger partial charge in [-0.05, 0) is 24.5 Å². The normalized spacial score (nSPS) is 10.8. The minimum Gasteiger partial charge on any atom is -0.341 e. The van der Waals surface area contributed by atoms with Crippen molar-refractivity contribution in [1.29, 1.82) is 0 Å². The Morgan fingerprint density at radius 1 is 1.21 bits per heavy atom. The van der Waals surface area contributed by atoms with E-state index in [1.165, 1.54) is 0 Å². The molecule has 1 aromatic carbocycles. The van der Waals surface area contributed by atoms with Crippen LogP contribution in [-0.2, 0) is 11.3 Å². The van der Waals surface area contributed by atoms with E-state index < -0.39 is 0 Å². The van der Waals surface area contributed by atoms with Gasteiger partial charge in [-0.1, -0.05) is 60.8 Å². The van der Waals surface area contributed by atoms with Crippen molar-refractivity contribution in [2.75, 3.05) is 7.05 Å². The molecule has 0 aliphatic carbocycles. The third-order valence-corrected chi connectivity index (χ3v) is 4.14. The maximum Gasteiger partial charge on any atom is 0.225 e. The van der Waals surface area contributed by atoms with Crippen molar-refractivity contribution in [2.24, 2.45) is 5.92 Å². The molecule has 0 saturated carbocycles. The van der Waals surface area contributed by atoms with Crippen LogP contribution in [0.4, 0.5) is 0 Å². The van der Waals surface area contributed by atoms with Crippen molar-refractivity contribution in [3.05, 3.63) is 34.3 Å². The quantitative estimate of drug-likeness (QED) is 0.716. The first kappa shape index (κ1) is 16.2. The number of nitrogens with zero attached hydrogens (tertiary/aromatic N) is 1. The summed E-state index contributed by atoms with van der Waals surface area (Å²) < 4.78 is 1.07. The zero-order valence-electron chi connectivity index (χ0n) is 12.2. The molecule has 1 aromatic rings. The third kappa shape index (κ3) is 4.98. The first-order chi connectivity index (χ1) is 9.10. The average molecular weight is 326 g/mol. The van der Waals surface area contributed by atoms with Crippen LogP contribution in [0.25, 0.3) is 0 Å². The fourth-order valence-electron chi connectivity index (χ4n) is 2.36. The summed E-state index contributed by atoms with van der Waals surface area (Å²) in [4.78, 5) is 14.3. The van der Waals surface area contributed by atoms with E-state index in [1.54, 1.807) is 0 Å². The lowest BCUT2D eigenvalue weighted by atomic mass is 9.96. The summed E-state index contributed by atoms with van der Waals surface area (Å²) in [6.45, 7) is 4.96. The highest BCUT2D eigenvalue weighted by Crippen LogP contribution is 2.20. The summed E-state index contributed by atoms with van der Waals surface area (Å²) in [7, 11) is 1.90. The molecule has 0 radical (unpaired) electrons. The highest BCUT2D eigenvalue weighted by molar-refractivity contribution is 9.10. The fourth-order valence-corrected chi connectivity index (χ4v) is 2.77. The van der Waals surface area contributed by atoms with Crippen LogP contribution >= 0.6 is 15.9 Å². The Morgan fingerprint density at radius 3 is 2.32 bits per heavy atom. The molecule has 0 unspecified atom stereocenters. The Hall–Kier alpha value is -0.830. The summed E-state index contributed by atoms with van der Waals surface area (Å²) in [6.07, 6.45) is 4.12. The van der Waals surface area contributed by atoms with E-state index in [4.69, 9.17) is 0 Å². The molecular formula is C16H24BrNO. The van der Waals surface area contributed by atoms with Gasteiger partial charge in [0.2, 0.25) is 5.91 Å². The minimum absolute atomic E-state index is 0.183. The lowest BCUT2D eigenvalue weighted by Crippen LogP contribution is -2.32. The van der Waals surface area contributed by atoms with Crippen molar-refractivity contribution in [3.63, 3.8) is 0 Å². The number of amides is 1. The maximum absolute atomic E-state index is 12.4. The predicted molar refractivity (Wildman–Crippen MR) is 83.9 cm³/mol. The molecule has 3 heteroatoms. The Bertz CT molecular complexity index is 399. The van der Waals surface area contributed by atoms with Crippen LogP contribution in [0.5, 0.6) is 0 Å². The lowest BCUT2D eigenvalue weighted by molar-refractivity contribution is -0.135. The van der Waals surface area contributed by atoms with Gasteiger partial charge >= 0.3 is 0 Å². The molecule has 1 amide bonds. The molecule has 1 rings (SSSR count). The monoisotopic (exact) mass is 325 g/mol. The lowest BCUT2D eigenvalue weighted by Gasteiger charge is -2.24. The van der Waals surface area contributed by atoms with Crippen LogP contribution in [0, 0.1) is 5.92 Å². The minimum atomic E-state index is 0.183. The zero-order chi connectivity index (χ0) is 14.3. The molecule has 19 heavy (non-hydrogen) atoms. The number of hydrogen-bond acceptors (Lipinski definition) is 1. The second-order valence-corrected chi connectivity index (χ2v) is 5.91. The number of benzene rings is 1. The number of halogens is 1. The van der Waals surface area contributed by atoms with Gasteiger partial charge in [-0.25, -0.2) is 0 Å². The predicted octanol–water partition coefficient (Wildman–Crippen LogP) is 4.62. The molecule has 106 valence electrons. The van der Waals surface area contributed by atoms with Gasteiger partial charge in [0.25, 0.3) is 0 Å². The van der Waals surface area contributed by atoms with Crippen LogP contribution in [-0.4, -0.2) is 17.9 Å². The first-order valence-electron chi connectivity index (χ1n) is 7.08. The van der Waals surface area contributed by atoms with Crippen LogP contribution in [0.1, 0.15) is 45.1 Å². The van der Waals surface area contributed by atoms with Gasteiger partial charge in [-0.15, -0.1) is 0 Å². The average Bonchev–Trinajstić information content (AvgIpc) is 2.40. The molecule has 0 bridgehead atoms. The smallest absolute Gasteiger partial charge is 0.225 e. The van der Waals surface area contributed by atoms with Crippen LogP contribution in [0.15, 0.2) is 28.7 Å². The van der Waals surface area contributed by atoms with Crippen LogP contribution in [0.2, 0.25) is 0 Å². The molecule has 0 aromatic heterocycles. The van der Waals surface area contributed by atoms with E-state index in [1.807, 2.05) is 30.1 Å². The highest BCUT2D eigenvalue weighted by Gasteiger charge is 2.20. The van der Waals surface area contributed by atoms with E-state index in [0.717, 1.165) is 35.7 Å². The molecule has 0 atom stereocenters. The van der Waals surface area contributed by atoms with Crippen molar-refractivity contribution < 1.29 is 4.79 Å². The van der Waals surface area contributed by atoms with E-state index in [-0.39, 0.29) is 11.8 Å². The van der Waals surface area contributed by atoms with Crippen LogP contribution in [0.3, 0.4) is 0 Å². The van der Waals surface area contributed by atoms with E-state index >= 15 is 0 Å². The molecule has 0 aliphatic rings.